The third-order valence-corrected chi connectivity index (χ3v) is 4.84. The van der Waals surface area contributed by atoms with Crippen LogP contribution in [0.25, 0.3) is 0 Å². The number of halogens is 1. The fraction of sp³-hybridized carbons (Fsp3) is 0.375. The van der Waals surface area contributed by atoms with E-state index in [1.165, 1.54) is 0 Å². The highest BCUT2D eigenvalue weighted by molar-refractivity contribution is 9.10. The molecule has 0 bridgehead atoms. The van der Waals surface area contributed by atoms with Gasteiger partial charge in [0.05, 0.1) is 17.1 Å². The molecule has 0 fully saturated rings. The Morgan fingerprint density at radius 2 is 2.18 bits per heavy atom. The Labute approximate surface area is 137 Å². The summed E-state index contributed by atoms with van der Waals surface area (Å²) in [5.74, 6) is 0.702. The number of benzene rings is 1. The molecule has 5 nitrogen and oxygen atoms in total. The molecule has 0 radical (unpaired) electrons. The summed E-state index contributed by atoms with van der Waals surface area (Å²) < 4.78 is 6.48. The van der Waals surface area contributed by atoms with Gasteiger partial charge in [-0.1, -0.05) is 17.7 Å². The minimum atomic E-state index is -0.187. The SMILES string of the molecule is Cc1cc(C)c2c(c1)C(NC(=O)c1n[nH]c(C)c1Br)CCO2. The molecule has 1 aromatic carbocycles. The Kier molecular flexibility index (Phi) is 3.95. The van der Waals surface area contributed by atoms with Crippen molar-refractivity contribution in [2.24, 2.45) is 0 Å². The number of aromatic amines is 1. The molecule has 0 spiro atoms. The van der Waals surface area contributed by atoms with Crippen molar-refractivity contribution in [1.29, 1.82) is 0 Å². The fourth-order valence-corrected chi connectivity index (χ4v) is 3.18. The van der Waals surface area contributed by atoms with Crippen molar-refractivity contribution < 1.29 is 9.53 Å². The molecule has 0 saturated heterocycles. The number of nitrogens with zero attached hydrogens (tertiary/aromatic N) is 1. The molecule has 0 aliphatic carbocycles. The van der Waals surface area contributed by atoms with E-state index in [-0.39, 0.29) is 11.9 Å². The summed E-state index contributed by atoms with van der Waals surface area (Å²) in [6.45, 7) is 6.55. The maximum Gasteiger partial charge on any atom is 0.273 e. The average Bonchev–Trinajstić information content (AvgIpc) is 2.80. The maximum absolute atomic E-state index is 12.5. The van der Waals surface area contributed by atoms with Crippen molar-refractivity contribution in [3.8, 4) is 5.75 Å². The predicted molar refractivity (Wildman–Crippen MR) is 87.3 cm³/mol. The first kappa shape index (κ1) is 15.1. The van der Waals surface area contributed by atoms with E-state index in [0.29, 0.717) is 16.8 Å². The first-order valence-corrected chi connectivity index (χ1v) is 8.02. The molecule has 1 unspecified atom stereocenters. The lowest BCUT2D eigenvalue weighted by Gasteiger charge is -2.28. The lowest BCUT2D eigenvalue weighted by Crippen LogP contribution is -2.32. The van der Waals surface area contributed by atoms with Gasteiger partial charge in [-0.3, -0.25) is 9.89 Å². The number of hydrogen-bond acceptors (Lipinski definition) is 3. The number of aromatic nitrogens is 2. The number of rotatable bonds is 2. The van der Waals surface area contributed by atoms with Gasteiger partial charge in [0, 0.05) is 17.7 Å². The van der Waals surface area contributed by atoms with Crippen LogP contribution in [0, 0.1) is 20.8 Å². The number of amides is 1. The fourth-order valence-electron chi connectivity index (χ4n) is 2.82. The number of carbonyl (C=O) groups excluding carboxylic acids is 1. The molecular formula is C16H18BrN3O2. The quantitative estimate of drug-likeness (QED) is 0.859. The monoisotopic (exact) mass is 363 g/mol. The Morgan fingerprint density at radius 1 is 1.41 bits per heavy atom. The summed E-state index contributed by atoms with van der Waals surface area (Å²) in [4.78, 5) is 12.5. The van der Waals surface area contributed by atoms with Gasteiger partial charge in [-0.15, -0.1) is 0 Å². The van der Waals surface area contributed by atoms with E-state index in [4.69, 9.17) is 4.74 Å². The van der Waals surface area contributed by atoms with Crippen LogP contribution >= 0.6 is 15.9 Å². The molecule has 116 valence electrons. The van der Waals surface area contributed by atoms with E-state index < -0.39 is 0 Å². The van der Waals surface area contributed by atoms with Crippen molar-refractivity contribution in [1.82, 2.24) is 15.5 Å². The van der Waals surface area contributed by atoms with Crippen LogP contribution < -0.4 is 10.1 Å². The number of fused-ring (bicyclic) bond motifs is 1. The minimum absolute atomic E-state index is 0.0567. The first-order valence-electron chi connectivity index (χ1n) is 7.22. The number of aryl methyl sites for hydroxylation is 3. The van der Waals surface area contributed by atoms with Gasteiger partial charge >= 0.3 is 0 Å². The van der Waals surface area contributed by atoms with Crippen molar-refractivity contribution in [3.05, 3.63) is 44.7 Å². The molecule has 3 rings (SSSR count). The Bertz CT molecular complexity index is 739. The number of nitrogens with one attached hydrogen (secondary N) is 2. The minimum Gasteiger partial charge on any atom is -0.493 e. The molecule has 2 aromatic rings. The van der Waals surface area contributed by atoms with Gasteiger partial charge in [-0.2, -0.15) is 5.10 Å². The molecule has 1 amide bonds. The molecule has 2 N–H and O–H groups in total. The summed E-state index contributed by atoms with van der Waals surface area (Å²) in [6.07, 6.45) is 0.753. The van der Waals surface area contributed by atoms with Crippen LogP contribution in [0.1, 0.15) is 45.3 Å². The molecule has 1 atom stereocenters. The largest absolute Gasteiger partial charge is 0.493 e. The van der Waals surface area contributed by atoms with Crippen LogP contribution in [-0.2, 0) is 0 Å². The summed E-state index contributed by atoms with van der Waals surface area (Å²) in [6, 6.07) is 4.12. The second kappa shape index (κ2) is 5.76. The van der Waals surface area contributed by atoms with Crippen molar-refractivity contribution in [2.45, 2.75) is 33.2 Å². The maximum atomic E-state index is 12.5. The zero-order valence-corrected chi connectivity index (χ0v) is 14.4. The van der Waals surface area contributed by atoms with Crippen LogP contribution in [0.2, 0.25) is 0 Å². The van der Waals surface area contributed by atoms with E-state index in [2.05, 4.69) is 50.5 Å². The molecule has 6 heteroatoms. The summed E-state index contributed by atoms with van der Waals surface area (Å²) >= 11 is 3.39. The highest BCUT2D eigenvalue weighted by atomic mass is 79.9. The summed E-state index contributed by atoms with van der Waals surface area (Å²) in [7, 11) is 0. The summed E-state index contributed by atoms with van der Waals surface area (Å²) in [5, 5.41) is 9.94. The highest BCUT2D eigenvalue weighted by Gasteiger charge is 2.26. The van der Waals surface area contributed by atoms with Gasteiger partial charge in [0.15, 0.2) is 5.69 Å². The van der Waals surface area contributed by atoms with E-state index in [9.17, 15) is 4.79 Å². The van der Waals surface area contributed by atoms with Gasteiger partial charge in [0.25, 0.3) is 5.91 Å². The molecule has 0 saturated carbocycles. The summed E-state index contributed by atoms with van der Waals surface area (Å²) in [5.41, 5.74) is 4.53. The number of hydrogen-bond donors (Lipinski definition) is 2. The van der Waals surface area contributed by atoms with Gasteiger partial charge < -0.3 is 10.1 Å². The van der Waals surface area contributed by atoms with E-state index >= 15 is 0 Å². The Balaban J connectivity index is 1.89. The molecule has 1 aromatic heterocycles. The molecule has 2 heterocycles. The van der Waals surface area contributed by atoms with Crippen molar-refractivity contribution in [3.63, 3.8) is 0 Å². The number of H-pyrrole nitrogens is 1. The van der Waals surface area contributed by atoms with E-state index in [1.54, 1.807) is 0 Å². The van der Waals surface area contributed by atoms with Crippen LogP contribution in [0.3, 0.4) is 0 Å². The smallest absolute Gasteiger partial charge is 0.273 e. The van der Waals surface area contributed by atoms with Gasteiger partial charge in [-0.05, 0) is 42.3 Å². The third kappa shape index (κ3) is 2.63. The lowest BCUT2D eigenvalue weighted by molar-refractivity contribution is 0.0918. The van der Waals surface area contributed by atoms with Crippen LogP contribution in [-0.4, -0.2) is 22.7 Å². The van der Waals surface area contributed by atoms with Crippen molar-refractivity contribution >= 4 is 21.8 Å². The van der Waals surface area contributed by atoms with Crippen molar-refractivity contribution in [2.75, 3.05) is 6.61 Å². The second-order valence-corrected chi connectivity index (χ2v) is 6.47. The Morgan fingerprint density at radius 3 is 2.86 bits per heavy atom. The van der Waals surface area contributed by atoms with Crippen LogP contribution in [0.4, 0.5) is 0 Å². The first-order chi connectivity index (χ1) is 10.5. The average molecular weight is 364 g/mol. The van der Waals surface area contributed by atoms with Gasteiger partial charge in [0.1, 0.15) is 5.75 Å². The lowest BCUT2D eigenvalue weighted by atomic mass is 9.95. The normalized spacial score (nSPS) is 16.8. The topological polar surface area (TPSA) is 67.0 Å². The van der Waals surface area contributed by atoms with Gasteiger partial charge in [0.2, 0.25) is 0 Å². The van der Waals surface area contributed by atoms with E-state index in [1.807, 2.05) is 13.8 Å². The number of carbonyl (C=O) groups is 1. The van der Waals surface area contributed by atoms with Crippen LogP contribution in [0.15, 0.2) is 16.6 Å². The number of ether oxygens (including phenoxy) is 1. The molecular weight excluding hydrogens is 346 g/mol. The second-order valence-electron chi connectivity index (χ2n) is 5.67. The van der Waals surface area contributed by atoms with Gasteiger partial charge in [-0.25, -0.2) is 0 Å². The predicted octanol–water partition coefficient (Wildman–Crippen LogP) is 3.35. The molecule has 1 aliphatic heterocycles. The Hall–Kier alpha value is -1.82. The zero-order valence-electron chi connectivity index (χ0n) is 12.8. The third-order valence-electron chi connectivity index (χ3n) is 3.87. The van der Waals surface area contributed by atoms with E-state index in [0.717, 1.165) is 34.6 Å². The van der Waals surface area contributed by atoms with Crippen LogP contribution in [0.5, 0.6) is 5.75 Å². The molecule has 1 aliphatic rings. The zero-order chi connectivity index (χ0) is 15.9. The highest BCUT2D eigenvalue weighted by Crippen LogP contribution is 2.36. The standard InChI is InChI=1S/C16H18BrN3O2/c1-8-6-9(2)15-11(7-8)12(4-5-22-15)18-16(21)14-13(17)10(3)19-20-14/h6-7,12H,4-5H2,1-3H3,(H,18,21)(H,19,20). The molecule has 22 heavy (non-hydrogen) atoms.